The van der Waals surface area contributed by atoms with Crippen LogP contribution in [0.15, 0.2) is 48.8 Å². The first-order valence-corrected chi connectivity index (χ1v) is 22.0. The summed E-state index contributed by atoms with van der Waals surface area (Å²) in [6, 6.07) is 7.71. The first-order valence-electron chi connectivity index (χ1n) is 20.6. The van der Waals surface area contributed by atoms with Crippen LogP contribution in [0.2, 0.25) is 0 Å². The molecule has 1 aliphatic carbocycles. The van der Waals surface area contributed by atoms with Gasteiger partial charge in [-0.2, -0.15) is 12.7 Å². The van der Waals surface area contributed by atoms with Crippen molar-refractivity contribution in [3.63, 3.8) is 0 Å². The molecule has 4 heterocycles. The SMILES string of the molecule is CCN(C)S(=O)(=O)Nc1ccc(F)c(C(=O)c2c[nH]c3ncc(C#CC4CCC(CC(=O)CN5CCC(c6ccc(NC7CCC(=O)NC7=O)cc6F)CC5)CC4)cc23)c1F. The van der Waals surface area contributed by atoms with Crippen LogP contribution < -0.4 is 15.4 Å². The Bertz CT molecular complexity index is 2520. The molecule has 17 heteroatoms. The number of carbonyl (C=O) groups is 4. The van der Waals surface area contributed by atoms with Crippen LogP contribution in [-0.2, 0) is 24.6 Å². The van der Waals surface area contributed by atoms with Gasteiger partial charge in [0.05, 0.1) is 17.8 Å². The Kier molecular flexibility index (Phi) is 13.3. The maximum absolute atomic E-state index is 15.5. The number of fused-ring (bicyclic) bond motifs is 1. The number of aromatic nitrogens is 2. The van der Waals surface area contributed by atoms with Crippen molar-refractivity contribution in [2.24, 2.45) is 11.8 Å². The summed E-state index contributed by atoms with van der Waals surface area (Å²) in [4.78, 5) is 59.5. The fourth-order valence-electron chi connectivity index (χ4n) is 8.34. The molecule has 0 radical (unpaired) electrons. The van der Waals surface area contributed by atoms with Gasteiger partial charge in [0, 0.05) is 66.9 Å². The number of nitrogens with one attached hydrogen (secondary N) is 4. The predicted octanol–water partition coefficient (Wildman–Crippen LogP) is 6.03. The number of Topliss-reactive ketones (excluding diaryl/α,β-unsaturated/α-hetero) is 1. The molecule has 0 spiro atoms. The van der Waals surface area contributed by atoms with Gasteiger partial charge in [0.15, 0.2) is 5.82 Å². The number of anilines is 2. The topological polar surface area (TPSA) is 174 Å². The lowest BCUT2D eigenvalue weighted by atomic mass is 9.80. The molecule has 1 unspecified atom stereocenters. The molecule has 61 heavy (non-hydrogen) atoms. The molecular weight excluding hydrogens is 812 g/mol. The van der Waals surface area contributed by atoms with Gasteiger partial charge >= 0.3 is 10.2 Å². The normalized spacial score (nSPS) is 20.3. The monoisotopic (exact) mass is 859 g/mol. The number of rotatable bonds is 13. The Labute approximate surface area is 352 Å². The summed E-state index contributed by atoms with van der Waals surface area (Å²) in [7, 11) is -2.85. The van der Waals surface area contributed by atoms with E-state index in [0.29, 0.717) is 60.3 Å². The summed E-state index contributed by atoms with van der Waals surface area (Å²) < 4.78 is 73.7. The van der Waals surface area contributed by atoms with Crippen LogP contribution in [0.4, 0.5) is 24.5 Å². The Morgan fingerprint density at radius 2 is 1.74 bits per heavy atom. The van der Waals surface area contributed by atoms with E-state index >= 15 is 8.78 Å². The third-order valence-corrected chi connectivity index (χ3v) is 13.5. The molecule has 13 nitrogen and oxygen atoms in total. The Hall–Kier alpha value is -5.57. The number of ketones is 2. The average Bonchev–Trinajstić information content (AvgIpc) is 3.66. The van der Waals surface area contributed by atoms with Gasteiger partial charge < -0.3 is 10.3 Å². The van der Waals surface area contributed by atoms with Crippen molar-refractivity contribution >= 4 is 56.0 Å². The van der Waals surface area contributed by atoms with Crippen LogP contribution in [0.1, 0.15) is 97.7 Å². The number of halogens is 3. The van der Waals surface area contributed by atoms with Crippen LogP contribution in [0, 0.1) is 41.1 Å². The number of hydrogen-bond acceptors (Lipinski definition) is 9. The van der Waals surface area contributed by atoms with E-state index in [1.165, 1.54) is 19.3 Å². The third-order valence-electron chi connectivity index (χ3n) is 12.0. The molecule has 4 aromatic rings. The van der Waals surface area contributed by atoms with E-state index < -0.39 is 50.8 Å². The molecule has 1 saturated carbocycles. The van der Waals surface area contributed by atoms with Crippen molar-refractivity contribution < 1.29 is 40.8 Å². The molecule has 2 saturated heterocycles. The largest absolute Gasteiger partial charge is 0.374 e. The zero-order chi connectivity index (χ0) is 43.4. The summed E-state index contributed by atoms with van der Waals surface area (Å²) in [6.45, 7) is 3.44. The number of nitrogens with zero attached hydrogens (tertiary/aromatic N) is 3. The van der Waals surface area contributed by atoms with E-state index in [1.807, 2.05) is 0 Å². The lowest BCUT2D eigenvalue weighted by molar-refractivity contribution is -0.133. The number of hydrogen-bond donors (Lipinski definition) is 4. The second-order valence-corrected chi connectivity index (χ2v) is 17.9. The highest BCUT2D eigenvalue weighted by Gasteiger charge is 2.30. The van der Waals surface area contributed by atoms with E-state index in [2.05, 4.69) is 42.1 Å². The third kappa shape index (κ3) is 10.1. The number of H-pyrrole nitrogens is 1. The maximum atomic E-state index is 15.5. The number of imide groups is 1. The first kappa shape index (κ1) is 43.5. The minimum atomic E-state index is -4.14. The Morgan fingerprint density at radius 3 is 2.44 bits per heavy atom. The number of pyridine rings is 1. The highest BCUT2D eigenvalue weighted by molar-refractivity contribution is 7.90. The summed E-state index contributed by atoms with van der Waals surface area (Å²) in [5.41, 5.74) is 0.413. The fourth-order valence-corrected chi connectivity index (χ4v) is 9.27. The smallest absolute Gasteiger partial charge is 0.301 e. The van der Waals surface area contributed by atoms with Gasteiger partial charge in [0.25, 0.3) is 0 Å². The molecular formula is C44H48F3N7O6S. The van der Waals surface area contributed by atoms with Crippen molar-refractivity contribution in [1.82, 2.24) is 24.5 Å². The number of carbonyl (C=O) groups excluding carboxylic acids is 4. The van der Waals surface area contributed by atoms with Crippen molar-refractivity contribution in [1.29, 1.82) is 0 Å². The highest BCUT2D eigenvalue weighted by atomic mass is 32.2. The van der Waals surface area contributed by atoms with Crippen molar-refractivity contribution in [2.45, 2.75) is 76.7 Å². The molecule has 322 valence electrons. The number of likely N-dealkylation sites (tertiary alicyclic amines) is 1. The molecule has 2 aromatic carbocycles. The van der Waals surface area contributed by atoms with Crippen LogP contribution in [-0.4, -0.2) is 90.2 Å². The minimum Gasteiger partial charge on any atom is -0.374 e. The zero-order valence-corrected chi connectivity index (χ0v) is 34.8. The maximum Gasteiger partial charge on any atom is 0.301 e. The number of piperidine rings is 2. The molecule has 2 aliphatic heterocycles. The molecule has 0 bridgehead atoms. The summed E-state index contributed by atoms with van der Waals surface area (Å²) in [5.74, 6) is 2.47. The highest BCUT2D eigenvalue weighted by Crippen LogP contribution is 2.34. The number of amides is 2. The Morgan fingerprint density at radius 1 is 0.984 bits per heavy atom. The van der Waals surface area contributed by atoms with Crippen molar-refractivity contribution in [3.05, 3.63) is 88.5 Å². The van der Waals surface area contributed by atoms with E-state index in [0.717, 1.165) is 55.0 Å². The molecule has 3 aliphatic rings. The zero-order valence-electron chi connectivity index (χ0n) is 34.0. The predicted molar refractivity (Wildman–Crippen MR) is 223 cm³/mol. The van der Waals surface area contributed by atoms with Gasteiger partial charge in [0.1, 0.15) is 29.1 Å². The van der Waals surface area contributed by atoms with Gasteiger partial charge in [-0.1, -0.05) is 24.8 Å². The standard InChI is InChI=1S/C44H48F3N7O6S/c1-3-53(2)61(59,60)52-37-13-12-35(45)40(41(37)47)42(57)34-24-49-43-33(34)21-28(23-48-43)9-6-26-4-7-27(8-5-26)20-31(55)25-54-18-16-29(17-19-54)32-11-10-30(22-36(32)46)50-38-14-15-39(56)51-44(38)58/h10-13,21-24,26-27,29,38,50,52H,3-5,7-8,14-20,25H2,1-2H3,(H,48,49)(H,51,56,58). The molecule has 4 N–H and O–H groups in total. The number of aromatic amines is 1. The van der Waals surface area contributed by atoms with E-state index in [-0.39, 0.29) is 53.8 Å². The molecule has 1 atom stereocenters. The second-order valence-electron chi connectivity index (χ2n) is 16.1. The summed E-state index contributed by atoms with van der Waals surface area (Å²) >= 11 is 0. The quantitative estimate of drug-likeness (QED) is 0.0711. The van der Waals surface area contributed by atoms with Gasteiger partial charge in [-0.25, -0.2) is 18.2 Å². The van der Waals surface area contributed by atoms with E-state index in [1.54, 1.807) is 31.3 Å². The van der Waals surface area contributed by atoms with E-state index in [9.17, 15) is 32.0 Å². The van der Waals surface area contributed by atoms with Crippen LogP contribution in [0.3, 0.4) is 0 Å². The molecule has 2 amide bonds. The van der Waals surface area contributed by atoms with Gasteiger partial charge in [-0.05, 0) is 106 Å². The van der Waals surface area contributed by atoms with Crippen molar-refractivity contribution in [3.8, 4) is 11.8 Å². The van der Waals surface area contributed by atoms with Gasteiger partial charge in [-0.15, -0.1) is 0 Å². The lowest BCUT2D eigenvalue weighted by Crippen LogP contribution is -2.47. The van der Waals surface area contributed by atoms with Crippen LogP contribution in [0.25, 0.3) is 11.0 Å². The molecule has 2 aromatic heterocycles. The van der Waals surface area contributed by atoms with Gasteiger partial charge in [-0.3, -0.25) is 34.1 Å². The lowest BCUT2D eigenvalue weighted by Gasteiger charge is -2.32. The molecule has 3 fully saturated rings. The summed E-state index contributed by atoms with van der Waals surface area (Å²) in [6.07, 6.45) is 8.74. The minimum absolute atomic E-state index is 0.0279. The van der Waals surface area contributed by atoms with Gasteiger partial charge in [0.2, 0.25) is 17.6 Å². The first-order chi connectivity index (χ1) is 29.2. The summed E-state index contributed by atoms with van der Waals surface area (Å²) in [5, 5.41) is 5.63. The van der Waals surface area contributed by atoms with Crippen LogP contribution in [0.5, 0.6) is 0 Å². The van der Waals surface area contributed by atoms with Crippen molar-refractivity contribution in [2.75, 3.05) is 43.3 Å². The Balaban J connectivity index is 0.884. The van der Waals surface area contributed by atoms with Crippen LogP contribution >= 0.6 is 0 Å². The molecule has 7 rings (SSSR count). The average molecular weight is 860 g/mol. The fraction of sp³-hybridized carbons (Fsp3) is 0.432. The second kappa shape index (κ2) is 18.6. The number of benzene rings is 2. The van der Waals surface area contributed by atoms with E-state index in [4.69, 9.17) is 0 Å².